The van der Waals surface area contributed by atoms with E-state index in [1.807, 2.05) is 6.92 Å². The van der Waals surface area contributed by atoms with Crippen LogP contribution in [0, 0.1) is 6.92 Å². The van der Waals surface area contributed by atoms with Crippen LogP contribution in [0.1, 0.15) is 36.1 Å². The summed E-state index contributed by atoms with van der Waals surface area (Å²) < 4.78 is 11.6. The molecule has 1 aromatic heterocycles. The van der Waals surface area contributed by atoms with Crippen molar-refractivity contribution < 1.29 is 9.15 Å². The molecule has 0 aliphatic carbocycles. The van der Waals surface area contributed by atoms with Gasteiger partial charge in [-0.2, -0.15) is 0 Å². The molecule has 0 atom stereocenters. The first-order valence-corrected chi connectivity index (χ1v) is 9.16. The molecule has 0 unspecified atom stereocenters. The Morgan fingerprint density at radius 1 is 1.12 bits per heavy atom. The van der Waals surface area contributed by atoms with Crippen LogP contribution in [0.2, 0.25) is 0 Å². The van der Waals surface area contributed by atoms with E-state index in [2.05, 4.69) is 49.1 Å². The van der Waals surface area contributed by atoms with Crippen LogP contribution in [0.15, 0.2) is 45.6 Å². The van der Waals surface area contributed by atoms with Crippen molar-refractivity contribution in [2.24, 2.45) is 0 Å². The fourth-order valence-electron chi connectivity index (χ4n) is 3.71. The molecule has 0 bridgehead atoms. The number of anilines is 1. The summed E-state index contributed by atoms with van der Waals surface area (Å²) in [6, 6.07) is 12.3. The van der Waals surface area contributed by atoms with E-state index < -0.39 is 0 Å². The molecule has 1 aliphatic rings. The largest absolute Gasteiger partial charge is 0.472 e. The summed E-state index contributed by atoms with van der Waals surface area (Å²) in [6.45, 7) is 7.46. The molecule has 3 aromatic rings. The summed E-state index contributed by atoms with van der Waals surface area (Å²) in [5.74, 6) is 0.844. The van der Waals surface area contributed by atoms with Gasteiger partial charge in [0.25, 0.3) is 0 Å². The van der Waals surface area contributed by atoms with Crippen molar-refractivity contribution in [1.29, 1.82) is 0 Å². The van der Waals surface area contributed by atoms with Crippen molar-refractivity contribution in [3.05, 3.63) is 69.1 Å². The van der Waals surface area contributed by atoms with Crippen LogP contribution in [0.4, 0.5) is 5.69 Å². The number of benzene rings is 2. The van der Waals surface area contributed by atoms with Crippen molar-refractivity contribution in [1.82, 2.24) is 0 Å². The van der Waals surface area contributed by atoms with Crippen LogP contribution < -0.4 is 15.3 Å². The predicted octanol–water partition coefficient (Wildman–Crippen LogP) is 4.58. The second kappa shape index (κ2) is 6.52. The van der Waals surface area contributed by atoms with Crippen molar-refractivity contribution in [2.75, 3.05) is 11.6 Å². The van der Waals surface area contributed by atoms with E-state index in [4.69, 9.17) is 9.15 Å². The molecular weight excluding hydrogens is 326 g/mol. The first-order valence-electron chi connectivity index (χ1n) is 9.16. The van der Waals surface area contributed by atoms with Gasteiger partial charge in [-0.25, -0.2) is 4.79 Å². The van der Waals surface area contributed by atoms with Gasteiger partial charge in [-0.05, 0) is 49.1 Å². The molecule has 26 heavy (non-hydrogen) atoms. The van der Waals surface area contributed by atoms with Crippen molar-refractivity contribution in [3.63, 3.8) is 0 Å². The fraction of sp³-hybridized carbons (Fsp3) is 0.318. The van der Waals surface area contributed by atoms with Gasteiger partial charge in [0.2, 0.25) is 0 Å². The van der Waals surface area contributed by atoms with Gasteiger partial charge in [-0.3, -0.25) is 0 Å². The number of ether oxygens (including phenoxy) is 1. The van der Waals surface area contributed by atoms with Gasteiger partial charge in [0.1, 0.15) is 11.3 Å². The fourth-order valence-corrected chi connectivity index (χ4v) is 3.71. The minimum Gasteiger partial charge on any atom is -0.472 e. The Kier molecular flexibility index (Phi) is 4.19. The molecular formula is C22H23NO3. The van der Waals surface area contributed by atoms with Gasteiger partial charge in [0, 0.05) is 34.8 Å². The van der Waals surface area contributed by atoms with E-state index in [-0.39, 0.29) is 5.63 Å². The van der Waals surface area contributed by atoms with Gasteiger partial charge in [-0.15, -0.1) is 0 Å². The SMILES string of the molecule is CCc1cccc(N2COc3c(cc4c(CC)cc(=O)oc4c3C)C2)c1. The highest BCUT2D eigenvalue weighted by Crippen LogP contribution is 2.37. The number of fused-ring (bicyclic) bond motifs is 2. The Bertz CT molecular complexity index is 1040. The predicted molar refractivity (Wildman–Crippen MR) is 104 cm³/mol. The van der Waals surface area contributed by atoms with Crippen LogP contribution in [-0.2, 0) is 19.4 Å². The lowest BCUT2D eigenvalue weighted by Gasteiger charge is -2.32. The first kappa shape index (κ1) is 16.7. The van der Waals surface area contributed by atoms with Crippen molar-refractivity contribution >= 4 is 16.7 Å². The third kappa shape index (κ3) is 2.75. The normalized spacial score (nSPS) is 13.6. The minimum atomic E-state index is -0.300. The third-order valence-electron chi connectivity index (χ3n) is 5.17. The summed E-state index contributed by atoms with van der Waals surface area (Å²) in [5, 5.41) is 1.01. The maximum Gasteiger partial charge on any atom is 0.336 e. The highest BCUT2D eigenvalue weighted by atomic mass is 16.5. The molecule has 134 valence electrons. The van der Waals surface area contributed by atoms with Gasteiger partial charge in [-0.1, -0.05) is 26.0 Å². The number of hydrogen-bond donors (Lipinski definition) is 0. The molecule has 2 aromatic carbocycles. The zero-order chi connectivity index (χ0) is 18.3. The highest BCUT2D eigenvalue weighted by molar-refractivity contribution is 5.86. The maximum atomic E-state index is 11.9. The van der Waals surface area contributed by atoms with E-state index in [1.54, 1.807) is 6.07 Å². The van der Waals surface area contributed by atoms with Gasteiger partial charge in [0.15, 0.2) is 6.73 Å². The lowest BCUT2D eigenvalue weighted by molar-refractivity contribution is 0.287. The highest BCUT2D eigenvalue weighted by Gasteiger charge is 2.23. The average Bonchev–Trinajstić information content (AvgIpc) is 2.68. The van der Waals surface area contributed by atoms with E-state index >= 15 is 0 Å². The zero-order valence-corrected chi connectivity index (χ0v) is 15.5. The Morgan fingerprint density at radius 2 is 1.96 bits per heavy atom. The molecule has 4 nitrogen and oxygen atoms in total. The lowest BCUT2D eigenvalue weighted by atomic mass is 9.99. The Labute approximate surface area is 153 Å². The topological polar surface area (TPSA) is 42.7 Å². The number of rotatable bonds is 3. The van der Waals surface area contributed by atoms with Crippen LogP contribution in [0.3, 0.4) is 0 Å². The molecule has 4 rings (SSSR count). The van der Waals surface area contributed by atoms with Crippen molar-refractivity contribution in [2.45, 2.75) is 40.2 Å². The molecule has 4 heteroatoms. The van der Waals surface area contributed by atoms with Gasteiger partial charge >= 0.3 is 5.63 Å². The molecule has 1 aliphatic heterocycles. The average molecular weight is 349 g/mol. The molecule has 0 fully saturated rings. The molecule has 0 N–H and O–H groups in total. The summed E-state index contributed by atoms with van der Waals surface area (Å²) in [5.41, 5.74) is 5.90. The molecule has 0 saturated carbocycles. The summed E-state index contributed by atoms with van der Waals surface area (Å²) in [4.78, 5) is 14.1. The third-order valence-corrected chi connectivity index (χ3v) is 5.17. The van der Waals surface area contributed by atoms with Gasteiger partial charge < -0.3 is 14.1 Å². The number of aryl methyl sites for hydroxylation is 3. The molecule has 2 heterocycles. The minimum absolute atomic E-state index is 0.300. The first-order chi connectivity index (χ1) is 12.6. The smallest absolute Gasteiger partial charge is 0.336 e. The van der Waals surface area contributed by atoms with E-state index in [1.165, 1.54) is 11.3 Å². The number of hydrogen-bond acceptors (Lipinski definition) is 4. The van der Waals surface area contributed by atoms with Crippen LogP contribution >= 0.6 is 0 Å². The summed E-state index contributed by atoms with van der Waals surface area (Å²) >= 11 is 0. The standard InChI is InChI=1S/C22H23NO3/c1-4-15-7-6-8-18(9-15)23-12-17-10-19-16(5-2)11-20(24)26-22(19)14(3)21(17)25-13-23/h6-11H,4-5,12-13H2,1-3H3. The Hall–Kier alpha value is -2.75. The lowest BCUT2D eigenvalue weighted by Crippen LogP contribution is -2.32. The molecule has 0 saturated heterocycles. The van der Waals surface area contributed by atoms with Crippen LogP contribution in [0.25, 0.3) is 11.0 Å². The second-order valence-corrected chi connectivity index (χ2v) is 6.81. The molecule has 0 amide bonds. The quantitative estimate of drug-likeness (QED) is 0.649. The Balaban J connectivity index is 1.80. The molecule has 0 radical (unpaired) electrons. The van der Waals surface area contributed by atoms with Gasteiger partial charge in [0.05, 0.1) is 0 Å². The summed E-state index contributed by atoms with van der Waals surface area (Å²) in [6.07, 6.45) is 1.81. The Morgan fingerprint density at radius 3 is 2.73 bits per heavy atom. The summed E-state index contributed by atoms with van der Waals surface area (Å²) in [7, 11) is 0. The van der Waals surface area contributed by atoms with E-state index in [9.17, 15) is 4.79 Å². The second-order valence-electron chi connectivity index (χ2n) is 6.81. The maximum absolute atomic E-state index is 11.9. The van der Waals surface area contributed by atoms with Crippen LogP contribution in [-0.4, -0.2) is 6.73 Å². The molecule has 0 spiro atoms. The van der Waals surface area contributed by atoms with Crippen LogP contribution in [0.5, 0.6) is 5.75 Å². The zero-order valence-electron chi connectivity index (χ0n) is 15.5. The van der Waals surface area contributed by atoms with E-state index in [0.717, 1.165) is 47.2 Å². The number of nitrogens with zero attached hydrogens (tertiary/aromatic N) is 1. The van der Waals surface area contributed by atoms with Crippen molar-refractivity contribution in [3.8, 4) is 5.75 Å². The monoisotopic (exact) mass is 349 g/mol. The van der Waals surface area contributed by atoms with E-state index in [0.29, 0.717) is 12.3 Å².